The van der Waals surface area contributed by atoms with Gasteiger partial charge in [-0.2, -0.15) is 0 Å². The maximum absolute atomic E-state index is 9.42. The molecule has 0 radical (unpaired) electrons. The molecule has 0 bridgehead atoms. The summed E-state index contributed by atoms with van der Waals surface area (Å²) in [5, 5.41) is 9.42. The van der Waals surface area contributed by atoms with E-state index in [1.807, 2.05) is 0 Å². The third-order valence-electron chi connectivity index (χ3n) is 3.70. The molecule has 2 rings (SSSR count). The molecule has 1 saturated carbocycles. The number of aliphatic hydroxyl groups is 1. The third-order valence-corrected chi connectivity index (χ3v) is 3.70. The van der Waals surface area contributed by atoms with E-state index in [1.165, 1.54) is 38.8 Å². The molecular formula is C11H21NO. The van der Waals surface area contributed by atoms with Gasteiger partial charge in [0.1, 0.15) is 0 Å². The van der Waals surface area contributed by atoms with Gasteiger partial charge in [-0.15, -0.1) is 0 Å². The van der Waals surface area contributed by atoms with Crippen molar-refractivity contribution in [2.75, 3.05) is 26.2 Å². The van der Waals surface area contributed by atoms with Gasteiger partial charge in [0.15, 0.2) is 0 Å². The summed E-state index contributed by atoms with van der Waals surface area (Å²) in [6.07, 6.45) is 5.14. The molecule has 1 heterocycles. The molecule has 2 fully saturated rings. The average Bonchev–Trinajstić information content (AvgIpc) is 2.51. The van der Waals surface area contributed by atoms with Gasteiger partial charge < -0.3 is 10.0 Å². The molecule has 2 heteroatoms. The molecule has 2 aliphatic rings. The van der Waals surface area contributed by atoms with E-state index in [9.17, 15) is 5.11 Å². The van der Waals surface area contributed by atoms with Crippen LogP contribution in [0, 0.1) is 11.3 Å². The number of hydrogen-bond donors (Lipinski definition) is 1. The molecule has 0 amide bonds. The van der Waals surface area contributed by atoms with Crippen molar-refractivity contribution >= 4 is 0 Å². The lowest BCUT2D eigenvalue weighted by Crippen LogP contribution is -2.50. The topological polar surface area (TPSA) is 23.5 Å². The Morgan fingerprint density at radius 3 is 2.38 bits per heavy atom. The van der Waals surface area contributed by atoms with Crippen LogP contribution < -0.4 is 0 Å². The second kappa shape index (κ2) is 3.58. The van der Waals surface area contributed by atoms with Gasteiger partial charge >= 0.3 is 0 Å². The summed E-state index contributed by atoms with van der Waals surface area (Å²) in [4.78, 5) is 2.51. The predicted molar refractivity (Wildman–Crippen MR) is 53.6 cm³/mol. The van der Waals surface area contributed by atoms with Crippen LogP contribution in [0.3, 0.4) is 0 Å². The van der Waals surface area contributed by atoms with E-state index in [1.54, 1.807) is 0 Å². The molecule has 0 aromatic heterocycles. The van der Waals surface area contributed by atoms with Crippen LogP contribution in [0.25, 0.3) is 0 Å². The summed E-state index contributed by atoms with van der Waals surface area (Å²) in [6, 6.07) is 0. The zero-order valence-electron chi connectivity index (χ0n) is 8.63. The summed E-state index contributed by atoms with van der Waals surface area (Å²) in [7, 11) is 0. The van der Waals surface area contributed by atoms with Crippen LogP contribution >= 0.6 is 0 Å². The largest absolute Gasteiger partial charge is 0.396 e. The van der Waals surface area contributed by atoms with Gasteiger partial charge in [-0.1, -0.05) is 19.8 Å². The number of aliphatic hydroxyl groups excluding tert-OH is 1. The maximum Gasteiger partial charge on any atom is 0.0499 e. The van der Waals surface area contributed by atoms with Crippen LogP contribution in [-0.2, 0) is 0 Å². The van der Waals surface area contributed by atoms with Crippen molar-refractivity contribution in [3.63, 3.8) is 0 Å². The van der Waals surface area contributed by atoms with Crippen LogP contribution in [0.4, 0.5) is 0 Å². The van der Waals surface area contributed by atoms with Gasteiger partial charge in [0, 0.05) is 31.7 Å². The second-order valence-electron chi connectivity index (χ2n) is 5.16. The van der Waals surface area contributed by atoms with Crippen molar-refractivity contribution in [3.8, 4) is 0 Å². The Morgan fingerprint density at radius 1 is 1.31 bits per heavy atom. The summed E-state index contributed by atoms with van der Waals surface area (Å²) >= 11 is 0. The monoisotopic (exact) mass is 183 g/mol. The van der Waals surface area contributed by atoms with Gasteiger partial charge in [0.25, 0.3) is 0 Å². The van der Waals surface area contributed by atoms with Crippen LogP contribution in [0.5, 0.6) is 0 Å². The van der Waals surface area contributed by atoms with Crippen molar-refractivity contribution in [2.24, 2.45) is 11.3 Å². The fraction of sp³-hybridized carbons (Fsp3) is 1.00. The smallest absolute Gasteiger partial charge is 0.0499 e. The summed E-state index contributed by atoms with van der Waals surface area (Å²) < 4.78 is 0. The summed E-state index contributed by atoms with van der Waals surface area (Å²) in [5.74, 6) is 0.886. The molecule has 76 valence electrons. The Hall–Kier alpha value is -0.0800. The summed E-state index contributed by atoms with van der Waals surface area (Å²) in [6.45, 7) is 6.35. The maximum atomic E-state index is 9.42. The van der Waals surface area contributed by atoms with Crippen LogP contribution in [-0.4, -0.2) is 36.2 Å². The Morgan fingerprint density at radius 2 is 1.92 bits per heavy atom. The first-order chi connectivity index (χ1) is 6.24. The van der Waals surface area contributed by atoms with E-state index in [4.69, 9.17) is 0 Å². The molecule has 0 spiro atoms. The first-order valence-corrected chi connectivity index (χ1v) is 5.57. The quantitative estimate of drug-likeness (QED) is 0.716. The normalized spacial score (nSPS) is 29.1. The molecule has 0 atom stereocenters. The molecule has 0 aromatic rings. The number of rotatable bonds is 3. The van der Waals surface area contributed by atoms with Crippen LogP contribution in [0.2, 0.25) is 0 Å². The molecule has 1 aliphatic heterocycles. The molecule has 1 saturated heterocycles. The first kappa shape index (κ1) is 9.47. The molecule has 0 unspecified atom stereocenters. The fourth-order valence-corrected chi connectivity index (χ4v) is 2.92. The highest BCUT2D eigenvalue weighted by Crippen LogP contribution is 2.39. The van der Waals surface area contributed by atoms with Gasteiger partial charge in [0.2, 0.25) is 0 Å². The zero-order chi connectivity index (χ0) is 9.31. The number of likely N-dealkylation sites (tertiary alicyclic amines) is 1. The number of hydrogen-bond acceptors (Lipinski definition) is 2. The Bertz CT molecular complexity index is 169. The van der Waals surface area contributed by atoms with Crippen LogP contribution in [0.15, 0.2) is 0 Å². The Kier molecular flexibility index (Phi) is 2.61. The van der Waals surface area contributed by atoms with E-state index in [0.29, 0.717) is 6.61 Å². The van der Waals surface area contributed by atoms with Crippen molar-refractivity contribution in [2.45, 2.75) is 32.6 Å². The van der Waals surface area contributed by atoms with Crippen molar-refractivity contribution in [3.05, 3.63) is 0 Å². The Labute approximate surface area is 80.9 Å². The van der Waals surface area contributed by atoms with E-state index >= 15 is 0 Å². The van der Waals surface area contributed by atoms with E-state index in [2.05, 4.69) is 11.8 Å². The molecular weight excluding hydrogens is 162 g/mol. The van der Waals surface area contributed by atoms with Gasteiger partial charge in [-0.3, -0.25) is 0 Å². The van der Waals surface area contributed by atoms with Crippen LogP contribution in [0.1, 0.15) is 32.6 Å². The number of nitrogens with zero attached hydrogens (tertiary/aromatic N) is 1. The third kappa shape index (κ3) is 1.89. The molecule has 2 nitrogen and oxygen atoms in total. The van der Waals surface area contributed by atoms with Gasteiger partial charge in [-0.25, -0.2) is 0 Å². The predicted octanol–water partition coefficient (Wildman–Crippen LogP) is 1.49. The van der Waals surface area contributed by atoms with Crippen molar-refractivity contribution < 1.29 is 5.11 Å². The SMILES string of the molecule is CC1CN(CC2(CO)CCCC2)C1. The second-order valence-corrected chi connectivity index (χ2v) is 5.16. The molecule has 13 heavy (non-hydrogen) atoms. The standard InChI is InChI=1S/C11H21NO/c1-10-6-12(7-10)8-11(9-13)4-2-3-5-11/h10,13H,2-9H2,1H3. The van der Waals surface area contributed by atoms with E-state index < -0.39 is 0 Å². The minimum atomic E-state index is 0.278. The highest BCUT2D eigenvalue weighted by Gasteiger charge is 2.37. The lowest BCUT2D eigenvalue weighted by Gasteiger charge is -2.42. The molecule has 1 aliphatic carbocycles. The summed E-state index contributed by atoms with van der Waals surface area (Å²) in [5.41, 5.74) is 0.278. The minimum Gasteiger partial charge on any atom is -0.396 e. The minimum absolute atomic E-state index is 0.278. The lowest BCUT2D eigenvalue weighted by molar-refractivity contribution is 0.0247. The van der Waals surface area contributed by atoms with E-state index in [-0.39, 0.29) is 5.41 Å². The highest BCUT2D eigenvalue weighted by atomic mass is 16.3. The Balaban J connectivity index is 1.83. The van der Waals surface area contributed by atoms with Gasteiger partial charge in [0.05, 0.1) is 0 Å². The fourth-order valence-electron chi connectivity index (χ4n) is 2.92. The van der Waals surface area contributed by atoms with Crippen molar-refractivity contribution in [1.82, 2.24) is 4.90 Å². The lowest BCUT2D eigenvalue weighted by atomic mass is 9.85. The van der Waals surface area contributed by atoms with E-state index in [0.717, 1.165) is 12.5 Å². The van der Waals surface area contributed by atoms with Crippen molar-refractivity contribution in [1.29, 1.82) is 0 Å². The average molecular weight is 183 g/mol. The molecule has 1 N–H and O–H groups in total. The van der Waals surface area contributed by atoms with Gasteiger partial charge in [-0.05, 0) is 18.8 Å². The highest BCUT2D eigenvalue weighted by molar-refractivity contribution is 4.90. The zero-order valence-corrected chi connectivity index (χ0v) is 8.63. The first-order valence-electron chi connectivity index (χ1n) is 5.57. The molecule has 0 aromatic carbocycles.